The Balaban J connectivity index is 1.37. The van der Waals surface area contributed by atoms with Crippen LogP contribution in [-0.2, 0) is 6.54 Å². The number of carbonyl (C=O) groups is 1. The van der Waals surface area contributed by atoms with Gasteiger partial charge in [-0.05, 0) is 43.6 Å². The largest absolute Gasteiger partial charge is 0.321 e. The van der Waals surface area contributed by atoms with Gasteiger partial charge in [-0.15, -0.1) is 5.10 Å². The lowest BCUT2D eigenvalue weighted by Gasteiger charge is -2.26. The normalized spacial score (nSPS) is 19.1. The zero-order chi connectivity index (χ0) is 18.5. The van der Waals surface area contributed by atoms with E-state index in [-0.39, 0.29) is 5.91 Å². The van der Waals surface area contributed by atoms with Gasteiger partial charge in [-0.1, -0.05) is 17.3 Å². The molecule has 27 heavy (non-hydrogen) atoms. The molecule has 0 spiro atoms. The Hall–Kier alpha value is -1.90. The maximum absolute atomic E-state index is 12.6. The first-order valence-electron chi connectivity index (χ1n) is 9.61. The molecule has 2 N–H and O–H groups in total. The van der Waals surface area contributed by atoms with Gasteiger partial charge in [0.2, 0.25) is 0 Å². The maximum atomic E-state index is 12.6. The van der Waals surface area contributed by atoms with E-state index in [0.29, 0.717) is 11.7 Å². The number of amides is 1. The first-order chi connectivity index (χ1) is 13.3. The van der Waals surface area contributed by atoms with Crippen molar-refractivity contribution in [3.63, 3.8) is 0 Å². The Morgan fingerprint density at radius 2 is 2.07 bits per heavy atom. The number of thioether (sulfide) groups is 1. The van der Waals surface area contributed by atoms with E-state index in [9.17, 15) is 4.79 Å². The number of aromatic nitrogens is 3. The summed E-state index contributed by atoms with van der Waals surface area (Å²) in [4.78, 5) is 15.0. The van der Waals surface area contributed by atoms with Crippen molar-refractivity contribution in [2.75, 3.05) is 43.0 Å². The zero-order valence-electron chi connectivity index (χ0n) is 15.4. The average molecular weight is 387 g/mol. The molecule has 7 nitrogen and oxygen atoms in total. The van der Waals surface area contributed by atoms with Gasteiger partial charge in [0.15, 0.2) is 5.69 Å². The van der Waals surface area contributed by atoms with E-state index in [4.69, 9.17) is 0 Å². The van der Waals surface area contributed by atoms with Gasteiger partial charge in [0.05, 0.1) is 12.2 Å². The Morgan fingerprint density at radius 1 is 1.26 bits per heavy atom. The molecule has 144 valence electrons. The number of nitrogens with zero attached hydrogens (tertiary/aromatic N) is 4. The molecule has 4 rings (SSSR count). The Labute approximate surface area is 163 Å². The minimum atomic E-state index is -0.207. The van der Waals surface area contributed by atoms with Crippen LogP contribution in [0.15, 0.2) is 30.5 Å². The monoisotopic (exact) mass is 386 g/mol. The molecule has 1 amide bonds. The molecule has 2 saturated heterocycles. The first kappa shape index (κ1) is 18.5. The molecule has 0 aliphatic carbocycles. The van der Waals surface area contributed by atoms with Crippen LogP contribution in [0.25, 0.3) is 0 Å². The molecule has 2 aliphatic heterocycles. The quantitative estimate of drug-likeness (QED) is 0.819. The molecular weight excluding hydrogens is 360 g/mol. The van der Waals surface area contributed by atoms with Crippen molar-refractivity contribution in [2.24, 2.45) is 0 Å². The summed E-state index contributed by atoms with van der Waals surface area (Å²) in [5.41, 5.74) is 2.39. The summed E-state index contributed by atoms with van der Waals surface area (Å²) in [6, 6.07) is 8.41. The first-order valence-corrected chi connectivity index (χ1v) is 10.8. The third-order valence-corrected chi connectivity index (χ3v) is 6.06. The zero-order valence-corrected chi connectivity index (χ0v) is 16.2. The van der Waals surface area contributed by atoms with Crippen molar-refractivity contribution in [3.8, 4) is 0 Å². The molecule has 0 saturated carbocycles. The fourth-order valence-electron chi connectivity index (χ4n) is 3.59. The van der Waals surface area contributed by atoms with Crippen LogP contribution in [0, 0.1) is 0 Å². The van der Waals surface area contributed by atoms with E-state index in [1.54, 1.807) is 6.20 Å². The van der Waals surface area contributed by atoms with Gasteiger partial charge >= 0.3 is 0 Å². The number of rotatable bonds is 5. The average Bonchev–Trinajstić information content (AvgIpc) is 3.20. The van der Waals surface area contributed by atoms with Crippen LogP contribution in [0.1, 0.15) is 34.9 Å². The minimum Gasteiger partial charge on any atom is -0.321 e. The van der Waals surface area contributed by atoms with Crippen molar-refractivity contribution in [1.29, 1.82) is 0 Å². The van der Waals surface area contributed by atoms with Gasteiger partial charge < -0.3 is 10.6 Å². The van der Waals surface area contributed by atoms with E-state index in [2.05, 4.69) is 38.0 Å². The van der Waals surface area contributed by atoms with E-state index < -0.39 is 0 Å². The number of nitrogens with one attached hydrogen (secondary N) is 2. The van der Waals surface area contributed by atoms with Gasteiger partial charge in [0.25, 0.3) is 5.91 Å². The SMILES string of the molecule is O=C(Nc1cccc(CN2CCSCC2)c1)c1cn(C2CCNCC2)nn1. The molecule has 0 atom stereocenters. The van der Waals surface area contributed by atoms with Crippen LogP contribution in [0.3, 0.4) is 0 Å². The summed E-state index contributed by atoms with van der Waals surface area (Å²) < 4.78 is 1.83. The maximum Gasteiger partial charge on any atom is 0.277 e. The van der Waals surface area contributed by atoms with Crippen molar-refractivity contribution < 1.29 is 4.79 Å². The highest BCUT2D eigenvalue weighted by molar-refractivity contribution is 7.99. The van der Waals surface area contributed by atoms with Crippen molar-refractivity contribution in [2.45, 2.75) is 25.4 Å². The molecule has 2 fully saturated rings. The molecule has 0 unspecified atom stereocenters. The third-order valence-electron chi connectivity index (χ3n) is 5.12. The molecule has 1 aromatic heterocycles. The summed E-state index contributed by atoms with van der Waals surface area (Å²) >= 11 is 2.01. The predicted octanol–water partition coefficient (Wildman–Crippen LogP) is 2.00. The second-order valence-electron chi connectivity index (χ2n) is 7.11. The van der Waals surface area contributed by atoms with Crippen molar-refractivity contribution >= 4 is 23.4 Å². The van der Waals surface area contributed by atoms with Gasteiger partial charge in [-0.2, -0.15) is 11.8 Å². The van der Waals surface area contributed by atoms with Crippen LogP contribution in [0.2, 0.25) is 0 Å². The van der Waals surface area contributed by atoms with Gasteiger partial charge in [-0.25, -0.2) is 4.68 Å². The van der Waals surface area contributed by atoms with Crippen LogP contribution in [-0.4, -0.2) is 63.5 Å². The van der Waals surface area contributed by atoms with Crippen LogP contribution in [0.5, 0.6) is 0 Å². The van der Waals surface area contributed by atoms with Crippen molar-refractivity contribution in [1.82, 2.24) is 25.2 Å². The van der Waals surface area contributed by atoms with Gasteiger partial charge in [0, 0.05) is 36.8 Å². The van der Waals surface area contributed by atoms with Crippen LogP contribution < -0.4 is 10.6 Å². The summed E-state index contributed by atoms with van der Waals surface area (Å²) in [6.45, 7) is 5.14. The molecule has 3 heterocycles. The molecule has 0 bridgehead atoms. The summed E-state index contributed by atoms with van der Waals surface area (Å²) in [5, 5.41) is 14.5. The lowest BCUT2D eigenvalue weighted by molar-refractivity contribution is 0.102. The number of hydrogen-bond donors (Lipinski definition) is 2. The summed E-state index contributed by atoms with van der Waals surface area (Å²) in [5.74, 6) is 2.19. The van der Waals surface area contributed by atoms with E-state index in [0.717, 1.165) is 51.3 Å². The number of anilines is 1. The van der Waals surface area contributed by atoms with Crippen molar-refractivity contribution in [3.05, 3.63) is 41.7 Å². The smallest absolute Gasteiger partial charge is 0.277 e. The summed E-state index contributed by atoms with van der Waals surface area (Å²) in [7, 11) is 0. The third kappa shape index (κ3) is 4.88. The summed E-state index contributed by atoms with van der Waals surface area (Å²) in [6.07, 6.45) is 3.80. The molecule has 2 aromatic rings. The number of benzene rings is 1. The highest BCUT2D eigenvalue weighted by Crippen LogP contribution is 2.19. The number of hydrogen-bond acceptors (Lipinski definition) is 6. The fraction of sp³-hybridized carbons (Fsp3) is 0.526. The van der Waals surface area contributed by atoms with Gasteiger partial charge in [0.1, 0.15) is 0 Å². The molecular formula is C19H26N6OS. The minimum absolute atomic E-state index is 0.207. The standard InChI is InChI=1S/C19H26N6OS/c26-19(18-14-25(23-22-18)17-4-6-20-7-5-17)21-16-3-1-2-15(12-16)13-24-8-10-27-11-9-24/h1-3,12,14,17,20H,4-11,13H2,(H,21,26). The number of carbonyl (C=O) groups excluding carboxylic acids is 1. The van der Waals surface area contributed by atoms with Crippen LogP contribution >= 0.6 is 11.8 Å². The highest BCUT2D eigenvalue weighted by atomic mass is 32.2. The van der Waals surface area contributed by atoms with E-state index in [1.807, 2.05) is 28.6 Å². The Bertz CT molecular complexity index is 767. The van der Waals surface area contributed by atoms with E-state index >= 15 is 0 Å². The lowest BCUT2D eigenvalue weighted by Crippen LogP contribution is -2.31. The predicted molar refractivity (Wildman–Crippen MR) is 108 cm³/mol. The lowest BCUT2D eigenvalue weighted by atomic mass is 10.1. The molecule has 8 heteroatoms. The second-order valence-corrected chi connectivity index (χ2v) is 8.33. The topological polar surface area (TPSA) is 75.1 Å². The van der Waals surface area contributed by atoms with Gasteiger partial charge in [-0.3, -0.25) is 9.69 Å². The van der Waals surface area contributed by atoms with E-state index in [1.165, 1.54) is 17.1 Å². The second kappa shape index (κ2) is 8.86. The number of piperidine rings is 1. The van der Waals surface area contributed by atoms with Crippen LogP contribution in [0.4, 0.5) is 5.69 Å². The highest BCUT2D eigenvalue weighted by Gasteiger charge is 2.19. The molecule has 2 aliphatic rings. The Morgan fingerprint density at radius 3 is 2.89 bits per heavy atom. The Kier molecular flexibility index (Phi) is 6.06. The molecule has 1 aromatic carbocycles. The molecule has 0 radical (unpaired) electrons. The fourth-order valence-corrected chi connectivity index (χ4v) is 4.57.